The van der Waals surface area contributed by atoms with Gasteiger partial charge in [0, 0.05) is 62.4 Å². The minimum atomic E-state index is -0.484. The van der Waals surface area contributed by atoms with Gasteiger partial charge in [0.1, 0.15) is 5.75 Å². The van der Waals surface area contributed by atoms with Crippen LogP contribution in [0.25, 0.3) is 0 Å². The third-order valence-electron chi connectivity index (χ3n) is 5.10. The number of benzene rings is 1. The number of hydrogen-bond donors (Lipinski definition) is 1. The SMILES string of the molecule is COc1cc2c(cc1CN1CCc3c(c(C(N)=O)nn3C)C1)OCCCO2. The number of nitrogens with zero attached hydrogens (tertiary/aromatic N) is 3. The molecule has 144 valence electrons. The summed E-state index contributed by atoms with van der Waals surface area (Å²) in [5, 5.41) is 4.29. The molecule has 2 aliphatic heterocycles. The van der Waals surface area contributed by atoms with Crippen LogP contribution in [0.4, 0.5) is 0 Å². The summed E-state index contributed by atoms with van der Waals surface area (Å²) in [7, 11) is 3.51. The third-order valence-corrected chi connectivity index (χ3v) is 5.10. The van der Waals surface area contributed by atoms with Crippen LogP contribution in [0.15, 0.2) is 12.1 Å². The van der Waals surface area contributed by atoms with Crippen molar-refractivity contribution in [3.63, 3.8) is 0 Å². The highest BCUT2D eigenvalue weighted by Gasteiger charge is 2.27. The number of primary amides is 1. The van der Waals surface area contributed by atoms with Gasteiger partial charge in [-0.2, -0.15) is 5.10 Å². The zero-order valence-corrected chi connectivity index (χ0v) is 15.7. The van der Waals surface area contributed by atoms with Gasteiger partial charge in [0.25, 0.3) is 5.91 Å². The quantitative estimate of drug-likeness (QED) is 0.868. The topological polar surface area (TPSA) is 91.8 Å². The van der Waals surface area contributed by atoms with Gasteiger partial charge in [-0.25, -0.2) is 0 Å². The van der Waals surface area contributed by atoms with Crippen LogP contribution < -0.4 is 19.9 Å². The average molecular weight is 372 g/mol. The van der Waals surface area contributed by atoms with Crippen LogP contribution in [0.2, 0.25) is 0 Å². The lowest BCUT2D eigenvalue weighted by Crippen LogP contribution is -2.31. The van der Waals surface area contributed by atoms with E-state index in [1.54, 1.807) is 11.8 Å². The first-order valence-electron chi connectivity index (χ1n) is 9.10. The van der Waals surface area contributed by atoms with E-state index in [1.165, 1.54) is 0 Å². The first-order valence-corrected chi connectivity index (χ1v) is 9.10. The first-order chi connectivity index (χ1) is 13.1. The maximum absolute atomic E-state index is 11.7. The number of carbonyl (C=O) groups excluding carboxylic acids is 1. The number of aryl methyl sites for hydroxylation is 1. The molecule has 0 unspecified atom stereocenters. The van der Waals surface area contributed by atoms with E-state index >= 15 is 0 Å². The Labute approximate surface area is 157 Å². The van der Waals surface area contributed by atoms with Gasteiger partial charge >= 0.3 is 0 Å². The van der Waals surface area contributed by atoms with Gasteiger partial charge in [-0.15, -0.1) is 0 Å². The molecule has 3 heterocycles. The second kappa shape index (κ2) is 7.11. The van der Waals surface area contributed by atoms with E-state index in [0.29, 0.717) is 32.0 Å². The fourth-order valence-corrected chi connectivity index (χ4v) is 3.77. The van der Waals surface area contributed by atoms with Crippen LogP contribution >= 0.6 is 0 Å². The molecule has 4 rings (SSSR count). The van der Waals surface area contributed by atoms with Gasteiger partial charge in [0.2, 0.25) is 0 Å². The van der Waals surface area contributed by atoms with Crippen molar-refractivity contribution in [3.05, 3.63) is 34.6 Å². The van der Waals surface area contributed by atoms with Crippen molar-refractivity contribution < 1.29 is 19.0 Å². The molecule has 0 saturated carbocycles. The van der Waals surface area contributed by atoms with E-state index in [1.807, 2.05) is 19.2 Å². The lowest BCUT2D eigenvalue weighted by Gasteiger charge is -2.28. The molecule has 8 heteroatoms. The lowest BCUT2D eigenvalue weighted by atomic mass is 10.0. The number of amides is 1. The Morgan fingerprint density at radius 1 is 1.30 bits per heavy atom. The van der Waals surface area contributed by atoms with Crippen molar-refractivity contribution in [3.8, 4) is 17.2 Å². The minimum absolute atomic E-state index is 0.364. The molecular formula is C19H24N4O4. The molecule has 0 radical (unpaired) electrons. The zero-order chi connectivity index (χ0) is 19.0. The number of rotatable bonds is 4. The number of nitrogens with two attached hydrogens (primary N) is 1. The molecule has 0 atom stereocenters. The van der Waals surface area contributed by atoms with Crippen molar-refractivity contribution in [2.24, 2.45) is 12.8 Å². The molecule has 2 N–H and O–H groups in total. The van der Waals surface area contributed by atoms with E-state index in [-0.39, 0.29) is 0 Å². The molecule has 0 fully saturated rings. The minimum Gasteiger partial charge on any atom is -0.496 e. The van der Waals surface area contributed by atoms with E-state index < -0.39 is 5.91 Å². The Bertz CT molecular complexity index is 877. The Morgan fingerprint density at radius 3 is 2.74 bits per heavy atom. The fraction of sp³-hybridized carbons (Fsp3) is 0.474. The van der Waals surface area contributed by atoms with Crippen molar-refractivity contribution in [1.29, 1.82) is 0 Å². The second-order valence-corrected chi connectivity index (χ2v) is 6.88. The standard InChI is InChI=1S/C19H24N4O4/c1-22-14-4-5-23(11-13(14)18(21-22)19(20)24)10-12-8-16-17(9-15(12)25-2)27-7-3-6-26-16/h8-9H,3-7,10-11H2,1-2H3,(H2,20,24). The summed E-state index contributed by atoms with van der Waals surface area (Å²) in [6, 6.07) is 3.89. The van der Waals surface area contributed by atoms with Crippen LogP contribution in [0.1, 0.15) is 33.7 Å². The molecule has 8 nitrogen and oxygen atoms in total. The van der Waals surface area contributed by atoms with Crippen LogP contribution in [0, 0.1) is 0 Å². The van der Waals surface area contributed by atoms with E-state index in [0.717, 1.165) is 53.5 Å². The molecule has 1 aromatic heterocycles. The van der Waals surface area contributed by atoms with Gasteiger partial charge in [-0.05, 0) is 6.07 Å². The molecule has 1 amide bonds. The zero-order valence-electron chi connectivity index (χ0n) is 15.7. The van der Waals surface area contributed by atoms with Crippen molar-refractivity contribution in [2.45, 2.75) is 25.9 Å². The molecule has 2 aromatic rings. The van der Waals surface area contributed by atoms with E-state index in [4.69, 9.17) is 19.9 Å². The molecule has 0 aliphatic carbocycles. The van der Waals surface area contributed by atoms with Gasteiger partial charge in [0.05, 0.1) is 20.3 Å². The lowest BCUT2D eigenvalue weighted by molar-refractivity contribution is 0.0992. The maximum atomic E-state index is 11.7. The Balaban J connectivity index is 1.60. The van der Waals surface area contributed by atoms with Crippen LogP contribution in [0.3, 0.4) is 0 Å². The first kappa shape index (κ1) is 17.7. The van der Waals surface area contributed by atoms with E-state index in [9.17, 15) is 4.79 Å². The van der Waals surface area contributed by atoms with Crippen molar-refractivity contribution in [1.82, 2.24) is 14.7 Å². The second-order valence-electron chi connectivity index (χ2n) is 6.88. The molecule has 0 bridgehead atoms. The summed E-state index contributed by atoms with van der Waals surface area (Å²) < 4.78 is 18.9. The van der Waals surface area contributed by atoms with Gasteiger partial charge < -0.3 is 19.9 Å². The predicted octanol–water partition coefficient (Wildman–Crippen LogP) is 1.25. The summed E-state index contributed by atoms with van der Waals surface area (Å²) in [5.74, 6) is 1.76. The highest BCUT2D eigenvalue weighted by atomic mass is 16.5. The average Bonchev–Trinajstić information content (AvgIpc) is 2.83. The van der Waals surface area contributed by atoms with Gasteiger partial charge in [-0.1, -0.05) is 0 Å². The molecular weight excluding hydrogens is 348 g/mol. The number of methoxy groups -OCH3 is 1. The maximum Gasteiger partial charge on any atom is 0.269 e. The Hall–Kier alpha value is -2.74. The molecule has 0 spiro atoms. The largest absolute Gasteiger partial charge is 0.496 e. The summed E-state index contributed by atoms with van der Waals surface area (Å²) in [4.78, 5) is 14.0. The predicted molar refractivity (Wildman–Crippen MR) is 98.1 cm³/mol. The monoisotopic (exact) mass is 372 g/mol. The molecule has 27 heavy (non-hydrogen) atoms. The normalized spacial score (nSPS) is 16.5. The number of ether oxygens (including phenoxy) is 3. The van der Waals surface area contributed by atoms with Crippen LogP contribution in [0.5, 0.6) is 17.2 Å². The van der Waals surface area contributed by atoms with Gasteiger partial charge in [-0.3, -0.25) is 14.4 Å². The highest BCUT2D eigenvalue weighted by molar-refractivity contribution is 5.92. The van der Waals surface area contributed by atoms with E-state index in [2.05, 4.69) is 10.00 Å². The summed E-state index contributed by atoms with van der Waals surface area (Å²) in [6.07, 6.45) is 1.68. The fourth-order valence-electron chi connectivity index (χ4n) is 3.77. The van der Waals surface area contributed by atoms with Crippen molar-refractivity contribution in [2.75, 3.05) is 26.9 Å². The molecule has 1 aromatic carbocycles. The Kier molecular flexibility index (Phi) is 4.65. The number of hydrogen-bond acceptors (Lipinski definition) is 6. The van der Waals surface area contributed by atoms with Crippen molar-refractivity contribution >= 4 is 5.91 Å². The van der Waals surface area contributed by atoms with Gasteiger partial charge in [0.15, 0.2) is 17.2 Å². The summed E-state index contributed by atoms with van der Waals surface area (Å²) >= 11 is 0. The molecule has 0 saturated heterocycles. The summed E-state index contributed by atoms with van der Waals surface area (Å²) in [5.41, 5.74) is 8.88. The van der Waals surface area contributed by atoms with Crippen LogP contribution in [-0.4, -0.2) is 47.5 Å². The number of fused-ring (bicyclic) bond motifs is 2. The number of carbonyl (C=O) groups is 1. The smallest absolute Gasteiger partial charge is 0.269 e. The molecule has 2 aliphatic rings. The summed E-state index contributed by atoms with van der Waals surface area (Å²) in [6.45, 7) is 3.44. The number of aromatic nitrogens is 2. The third kappa shape index (κ3) is 3.32. The Morgan fingerprint density at radius 2 is 2.04 bits per heavy atom. The highest BCUT2D eigenvalue weighted by Crippen LogP contribution is 2.37. The van der Waals surface area contributed by atoms with Crippen LogP contribution in [-0.2, 0) is 26.6 Å².